The molecule has 0 spiro atoms. The lowest BCUT2D eigenvalue weighted by atomic mass is 10.2. The number of nitrogens with one attached hydrogen (secondary N) is 1. The number of anilines is 1. The predicted octanol–water partition coefficient (Wildman–Crippen LogP) is 4.43. The number of nitrogens with zero attached hydrogens (tertiary/aromatic N) is 3. The molecule has 0 radical (unpaired) electrons. The molecular formula is C24H20N4O2. The van der Waals surface area contributed by atoms with E-state index in [9.17, 15) is 4.79 Å². The van der Waals surface area contributed by atoms with Crippen molar-refractivity contribution in [3.05, 3.63) is 89.7 Å². The number of imidazole rings is 1. The molecule has 0 aliphatic rings. The van der Waals surface area contributed by atoms with Crippen molar-refractivity contribution in [3.63, 3.8) is 0 Å². The van der Waals surface area contributed by atoms with Gasteiger partial charge in [-0.15, -0.1) is 0 Å². The molecule has 0 aliphatic carbocycles. The minimum absolute atomic E-state index is 0.104. The molecule has 0 saturated heterocycles. The Hall–Kier alpha value is -4.11. The van der Waals surface area contributed by atoms with Crippen molar-refractivity contribution < 1.29 is 9.53 Å². The van der Waals surface area contributed by atoms with Gasteiger partial charge in [-0.2, -0.15) is 5.26 Å². The number of hydrogen-bond donors (Lipinski definition) is 1. The van der Waals surface area contributed by atoms with E-state index >= 15 is 0 Å². The highest BCUT2D eigenvalue weighted by Gasteiger charge is 2.14. The maximum atomic E-state index is 12.7. The lowest BCUT2D eigenvalue weighted by Gasteiger charge is -2.11. The molecule has 1 heterocycles. The zero-order valence-corrected chi connectivity index (χ0v) is 16.5. The first-order chi connectivity index (χ1) is 14.6. The fourth-order valence-corrected chi connectivity index (χ4v) is 3.17. The first-order valence-electron chi connectivity index (χ1n) is 9.56. The molecule has 0 fully saturated rings. The van der Waals surface area contributed by atoms with Gasteiger partial charge in [0.25, 0.3) is 0 Å². The number of nitriles is 1. The van der Waals surface area contributed by atoms with Gasteiger partial charge >= 0.3 is 0 Å². The van der Waals surface area contributed by atoms with Gasteiger partial charge < -0.3 is 14.6 Å². The van der Waals surface area contributed by atoms with E-state index in [2.05, 4.69) is 16.4 Å². The normalized spacial score (nSPS) is 10.5. The van der Waals surface area contributed by atoms with Crippen LogP contribution in [0.25, 0.3) is 11.0 Å². The van der Waals surface area contributed by atoms with Gasteiger partial charge in [0.2, 0.25) is 5.91 Å². The standard InChI is InChI=1S/C24H20N4O2/c1-17-6-12-20(13-7-17)30-16-23-27-21-4-2-3-5-22(21)28(23)15-24(29)26-19-10-8-18(14-25)9-11-19/h2-13H,15-16H2,1H3,(H,26,29). The molecule has 0 atom stereocenters. The van der Waals surface area contributed by atoms with Crippen molar-refractivity contribution in [1.82, 2.24) is 9.55 Å². The molecule has 1 N–H and O–H groups in total. The van der Waals surface area contributed by atoms with E-state index in [1.165, 1.54) is 0 Å². The molecule has 1 aromatic heterocycles. The summed E-state index contributed by atoms with van der Waals surface area (Å²) in [6.07, 6.45) is 0. The Kier molecular flexibility index (Phi) is 5.44. The van der Waals surface area contributed by atoms with Gasteiger partial charge in [0.15, 0.2) is 0 Å². The second kappa shape index (κ2) is 8.50. The number of fused-ring (bicyclic) bond motifs is 1. The van der Waals surface area contributed by atoms with Gasteiger partial charge in [0, 0.05) is 5.69 Å². The van der Waals surface area contributed by atoms with Crippen molar-refractivity contribution in [2.75, 3.05) is 5.32 Å². The molecule has 6 nitrogen and oxygen atoms in total. The third-order valence-electron chi connectivity index (χ3n) is 4.72. The van der Waals surface area contributed by atoms with Crippen LogP contribution < -0.4 is 10.1 Å². The van der Waals surface area contributed by atoms with Crippen molar-refractivity contribution in [2.24, 2.45) is 0 Å². The van der Waals surface area contributed by atoms with E-state index in [1.54, 1.807) is 24.3 Å². The van der Waals surface area contributed by atoms with E-state index in [0.29, 0.717) is 17.1 Å². The first kappa shape index (κ1) is 19.2. The van der Waals surface area contributed by atoms with Crippen LogP contribution in [0.5, 0.6) is 5.75 Å². The zero-order valence-electron chi connectivity index (χ0n) is 16.5. The van der Waals surface area contributed by atoms with E-state index < -0.39 is 0 Å². The number of hydrogen-bond acceptors (Lipinski definition) is 4. The van der Waals surface area contributed by atoms with Crippen molar-refractivity contribution in [1.29, 1.82) is 5.26 Å². The second-order valence-electron chi connectivity index (χ2n) is 6.94. The SMILES string of the molecule is Cc1ccc(OCc2nc3ccccc3n2CC(=O)Nc2ccc(C#N)cc2)cc1. The Morgan fingerprint density at radius 1 is 1.07 bits per heavy atom. The third-order valence-corrected chi connectivity index (χ3v) is 4.72. The van der Waals surface area contributed by atoms with Crippen LogP contribution in [0, 0.1) is 18.3 Å². The van der Waals surface area contributed by atoms with Crippen LogP contribution in [0.3, 0.4) is 0 Å². The van der Waals surface area contributed by atoms with E-state index in [0.717, 1.165) is 22.3 Å². The average Bonchev–Trinajstić information content (AvgIpc) is 3.11. The summed E-state index contributed by atoms with van der Waals surface area (Å²) in [7, 11) is 0. The fraction of sp³-hybridized carbons (Fsp3) is 0.125. The maximum Gasteiger partial charge on any atom is 0.244 e. The number of amides is 1. The summed E-state index contributed by atoms with van der Waals surface area (Å²) in [5.41, 5.74) is 4.03. The van der Waals surface area contributed by atoms with Crippen LogP contribution in [0.15, 0.2) is 72.8 Å². The summed E-state index contributed by atoms with van der Waals surface area (Å²) in [5, 5.41) is 11.8. The van der Waals surface area contributed by atoms with E-state index in [-0.39, 0.29) is 19.1 Å². The molecule has 4 rings (SSSR count). The fourth-order valence-electron chi connectivity index (χ4n) is 3.17. The number of aryl methyl sites for hydroxylation is 1. The largest absolute Gasteiger partial charge is 0.486 e. The summed E-state index contributed by atoms with van der Waals surface area (Å²) in [6, 6.07) is 24.3. The minimum atomic E-state index is -0.181. The first-order valence-corrected chi connectivity index (χ1v) is 9.56. The second-order valence-corrected chi connectivity index (χ2v) is 6.94. The van der Waals surface area contributed by atoms with E-state index in [1.807, 2.05) is 60.0 Å². The molecule has 4 aromatic rings. The van der Waals surface area contributed by atoms with Crippen LogP contribution in [0.1, 0.15) is 17.0 Å². The van der Waals surface area contributed by atoms with Gasteiger partial charge in [0.1, 0.15) is 24.7 Å². The number of rotatable bonds is 6. The molecular weight excluding hydrogens is 376 g/mol. The monoisotopic (exact) mass is 396 g/mol. The molecule has 0 saturated carbocycles. The highest BCUT2D eigenvalue weighted by molar-refractivity contribution is 5.91. The Morgan fingerprint density at radius 3 is 2.53 bits per heavy atom. The number of ether oxygens (including phenoxy) is 1. The van der Waals surface area contributed by atoms with Gasteiger partial charge in [0.05, 0.1) is 22.7 Å². The summed E-state index contributed by atoms with van der Waals surface area (Å²) < 4.78 is 7.76. The van der Waals surface area contributed by atoms with Crippen molar-refractivity contribution in [2.45, 2.75) is 20.1 Å². The zero-order chi connectivity index (χ0) is 20.9. The number of para-hydroxylation sites is 2. The van der Waals surface area contributed by atoms with Crippen LogP contribution in [0.2, 0.25) is 0 Å². The summed E-state index contributed by atoms with van der Waals surface area (Å²) in [4.78, 5) is 17.3. The smallest absolute Gasteiger partial charge is 0.244 e. The van der Waals surface area contributed by atoms with Gasteiger partial charge in [-0.25, -0.2) is 4.98 Å². The molecule has 0 aliphatic heterocycles. The summed E-state index contributed by atoms with van der Waals surface area (Å²) in [5.74, 6) is 1.24. The van der Waals surface area contributed by atoms with Crippen LogP contribution >= 0.6 is 0 Å². The molecule has 3 aromatic carbocycles. The lowest BCUT2D eigenvalue weighted by molar-refractivity contribution is -0.116. The predicted molar refractivity (Wildman–Crippen MR) is 115 cm³/mol. The van der Waals surface area contributed by atoms with Crippen LogP contribution in [-0.4, -0.2) is 15.5 Å². The summed E-state index contributed by atoms with van der Waals surface area (Å²) >= 11 is 0. The molecule has 0 unspecified atom stereocenters. The number of carbonyl (C=O) groups is 1. The van der Waals surface area contributed by atoms with Crippen molar-refractivity contribution >= 4 is 22.6 Å². The molecule has 1 amide bonds. The Morgan fingerprint density at radius 2 is 1.80 bits per heavy atom. The third kappa shape index (κ3) is 4.31. The van der Waals surface area contributed by atoms with Gasteiger partial charge in [-0.3, -0.25) is 4.79 Å². The van der Waals surface area contributed by atoms with Gasteiger partial charge in [-0.05, 0) is 55.5 Å². The molecule has 30 heavy (non-hydrogen) atoms. The Bertz CT molecular complexity index is 1220. The molecule has 148 valence electrons. The lowest BCUT2D eigenvalue weighted by Crippen LogP contribution is -2.20. The quantitative estimate of drug-likeness (QED) is 0.523. The number of aromatic nitrogens is 2. The van der Waals surface area contributed by atoms with Crippen LogP contribution in [-0.2, 0) is 17.9 Å². The topological polar surface area (TPSA) is 79.9 Å². The summed E-state index contributed by atoms with van der Waals surface area (Å²) in [6.45, 7) is 2.38. The van der Waals surface area contributed by atoms with E-state index in [4.69, 9.17) is 10.00 Å². The number of carbonyl (C=O) groups excluding carboxylic acids is 1. The highest BCUT2D eigenvalue weighted by Crippen LogP contribution is 2.19. The molecule has 0 bridgehead atoms. The number of benzene rings is 3. The molecule has 6 heteroatoms. The Labute approximate surface area is 174 Å². The van der Waals surface area contributed by atoms with Gasteiger partial charge in [-0.1, -0.05) is 29.8 Å². The minimum Gasteiger partial charge on any atom is -0.486 e. The van der Waals surface area contributed by atoms with Crippen molar-refractivity contribution in [3.8, 4) is 11.8 Å². The average molecular weight is 396 g/mol. The highest BCUT2D eigenvalue weighted by atomic mass is 16.5. The Balaban J connectivity index is 1.54. The van der Waals surface area contributed by atoms with Crippen LogP contribution in [0.4, 0.5) is 5.69 Å². The maximum absolute atomic E-state index is 12.7.